The van der Waals surface area contributed by atoms with Gasteiger partial charge in [-0.15, -0.1) is 5.10 Å². The van der Waals surface area contributed by atoms with Crippen LogP contribution in [-0.4, -0.2) is 33.4 Å². The van der Waals surface area contributed by atoms with E-state index in [0.717, 1.165) is 5.56 Å². The van der Waals surface area contributed by atoms with Crippen molar-refractivity contribution < 1.29 is 14.3 Å². The molecular weight excluding hydrogens is 334 g/mol. The van der Waals surface area contributed by atoms with E-state index >= 15 is 0 Å². The highest BCUT2D eigenvalue weighted by Gasteiger charge is 2.11. The second-order valence-corrected chi connectivity index (χ2v) is 5.52. The number of hydrogen-bond donors (Lipinski definition) is 2. The van der Waals surface area contributed by atoms with Gasteiger partial charge in [-0.05, 0) is 29.8 Å². The highest BCUT2D eigenvalue weighted by Crippen LogP contribution is 2.16. The Balaban J connectivity index is 1.59. The van der Waals surface area contributed by atoms with Crippen LogP contribution in [0, 0.1) is 0 Å². The molecule has 0 spiro atoms. The summed E-state index contributed by atoms with van der Waals surface area (Å²) < 4.78 is 6.76. The Morgan fingerprint density at radius 1 is 1.08 bits per heavy atom. The first kappa shape index (κ1) is 17.2. The van der Waals surface area contributed by atoms with Crippen LogP contribution in [0.3, 0.4) is 0 Å². The van der Waals surface area contributed by atoms with Gasteiger partial charge in [0.25, 0.3) is 11.8 Å². The maximum Gasteiger partial charge on any atom is 0.277 e. The molecule has 3 aromatic rings. The number of carbonyl (C=O) groups excluding carboxylic acids is 2. The second-order valence-electron chi connectivity index (χ2n) is 5.52. The van der Waals surface area contributed by atoms with E-state index in [-0.39, 0.29) is 18.2 Å². The number of anilines is 1. The predicted octanol–water partition coefficient (Wildman–Crippen LogP) is 1.44. The largest absolute Gasteiger partial charge is 0.484 e. The van der Waals surface area contributed by atoms with E-state index in [9.17, 15) is 9.59 Å². The molecule has 0 unspecified atom stereocenters. The highest BCUT2D eigenvalue weighted by molar-refractivity contribution is 6.02. The molecule has 3 rings (SSSR count). The number of nitrogens with one attached hydrogen (secondary N) is 1. The number of nitrogens with two attached hydrogens (primary N) is 1. The van der Waals surface area contributed by atoms with E-state index < -0.39 is 5.91 Å². The lowest BCUT2D eigenvalue weighted by Gasteiger charge is -2.06. The van der Waals surface area contributed by atoms with Gasteiger partial charge in [0.05, 0.1) is 12.7 Å². The van der Waals surface area contributed by atoms with Gasteiger partial charge in [0, 0.05) is 5.69 Å². The summed E-state index contributed by atoms with van der Waals surface area (Å²) in [5, 5.41) is 10.6. The molecule has 132 valence electrons. The summed E-state index contributed by atoms with van der Waals surface area (Å²) in [6.07, 6.45) is 1.59. The second kappa shape index (κ2) is 7.93. The lowest BCUT2D eigenvalue weighted by Crippen LogP contribution is -2.20. The number of aromatic nitrogens is 3. The Bertz CT molecular complexity index is 891. The van der Waals surface area contributed by atoms with Crippen molar-refractivity contribution in [1.82, 2.24) is 15.0 Å². The van der Waals surface area contributed by atoms with Gasteiger partial charge < -0.3 is 15.8 Å². The molecule has 1 heterocycles. The van der Waals surface area contributed by atoms with E-state index in [4.69, 9.17) is 10.5 Å². The number of primary amides is 1. The fraction of sp³-hybridized carbons (Fsp3) is 0.111. The summed E-state index contributed by atoms with van der Waals surface area (Å²) in [6.45, 7) is 0.337. The molecule has 0 aliphatic rings. The minimum atomic E-state index is -0.555. The molecule has 2 aromatic carbocycles. The summed E-state index contributed by atoms with van der Waals surface area (Å²) >= 11 is 0. The summed E-state index contributed by atoms with van der Waals surface area (Å²) in [7, 11) is 0. The van der Waals surface area contributed by atoms with Crippen molar-refractivity contribution >= 4 is 17.5 Å². The molecule has 0 saturated heterocycles. The first-order chi connectivity index (χ1) is 12.6. The van der Waals surface area contributed by atoms with E-state index in [1.54, 1.807) is 35.1 Å². The molecule has 0 bridgehead atoms. The van der Waals surface area contributed by atoms with Crippen LogP contribution in [0.2, 0.25) is 0 Å². The minimum Gasteiger partial charge on any atom is -0.484 e. The molecule has 2 amide bonds. The molecule has 8 heteroatoms. The number of benzene rings is 2. The Morgan fingerprint density at radius 2 is 1.81 bits per heavy atom. The summed E-state index contributed by atoms with van der Waals surface area (Å²) in [5.41, 5.74) is 6.87. The smallest absolute Gasteiger partial charge is 0.277 e. The monoisotopic (exact) mass is 351 g/mol. The van der Waals surface area contributed by atoms with Gasteiger partial charge in [-0.1, -0.05) is 35.5 Å². The van der Waals surface area contributed by atoms with Crippen molar-refractivity contribution in [2.75, 3.05) is 11.9 Å². The number of nitrogens with zero attached hydrogens (tertiary/aromatic N) is 3. The van der Waals surface area contributed by atoms with Crippen LogP contribution in [0.15, 0.2) is 60.8 Å². The van der Waals surface area contributed by atoms with Gasteiger partial charge in [-0.3, -0.25) is 9.59 Å². The van der Waals surface area contributed by atoms with Gasteiger partial charge in [0.1, 0.15) is 5.75 Å². The fourth-order valence-corrected chi connectivity index (χ4v) is 2.23. The van der Waals surface area contributed by atoms with Gasteiger partial charge in [-0.25, -0.2) is 4.68 Å². The molecule has 0 aliphatic heterocycles. The number of hydrogen-bond acceptors (Lipinski definition) is 5. The third kappa shape index (κ3) is 4.67. The molecule has 0 fully saturated rings. The lowest BCUT2D eigenvalue weighted by atomic mass is 10.2. The number of ether oxygens (including phenoxy) is 1. The van der Waals surface area contributed by atoms with Gasteiger partial charge in [0.2, 0.25) is 0 Å². The average Bonchev–Trinajstić information content (AvgIpc) is 3.10. The summed E-state index contributed by atoms with van der Waals surface area (Å²) in [4.78, 5) is 22.9. The van der Waals surface area contributed by atoms with Crippen molar-refractivity contribution in [1.29, 1.82) is 0 Å². The number of carbonyl (C=O) groups is 2. The van der Waals surface area contributed by atoms with Crippen molar-refractivity contribution in [2.24, 2.45) is 5.73 Å². The minimum absolute atomic E-state index is 0.198. The lowest BCUT2D eigenvalue weighted by molar-refractivity contribution is -0.119. The third-order valence-corrected chi connectivity index (χ3v) is 3.45. The first-order valence-corrected chi connectivity index (χ1v) is 7.87. The zero-order chi connectivity index (χ0) is 18.4. The molecule has 0 radical (unpaired) electrons. The first-order valence-electron chi connectivity index (χ1n) is 7.87. The van der Waals surface area contributed by atoms with Gasteiger partial charge >= 0.3 is 0 Å². The van der Waals surface area contributed by atoms with Crippen molar-refractivity contribution in [3.05, 3.63) is 72.1 Å². The number of rotatable bonds is 7. The Morgan fingerprint density at radius 3 is 2.50 bits per heavy atom. The quantitative estimate of drug-likeness (QED) is 0.669. The zero-order valence-corrected chi connectivity index (χ0v) is 13.8. The summed E-state index contributed by atoms with van der Waals surface area (Å²) in [5.74, 6) is -0.438. The Labute approximate surface area is 149 Å². The maximum absolute atomic E-state index is 12.3. The SMILES string of the molecule is NC(=O)COc1ccc(NC(=O)c2cn(Cc3ccccc3)nn2)cc1. The van der Waals surface area contributed by atoms with Crippen molar-refractivity contribution in [3.8, 4) is 5.75 Å². The molecular formula is C18H17N5O3. The van der Waals surface area contributed by atoms with Crippen LogP contribution in [0.1, 0.15) is 16.1 Å². The highest BCUT2D eigenvalue weighted by atomic mass is 16.5. The molecule has 0 saturated carbocycles. The van der Waals surface area contributed by atoms with E-state index in [2.05, 4.69) is 15.6 Å². The van der Waals surface area contributed by atoms with Crippen LogP contribution in [-0.2, 0) is 11.3 Å². The van der Waals surface area contributed by atoms with Gasteiger partial charge in [0.15, 0.2) is 12.3 Å². The maximum atomic E-state index is 12.3. The Hall–Kier alpha value is -3.68. The van der Waals surface area contributed by atoms with Crippen LogP contribution in [0.5, 0.6) is 5.75 Å². The van der Waals surface area contributed by atoms with Gasteiger partial charge in [-0.2, -0.15) is 0 Å². The van der Waals surface area contributed by atoms with Crippen LogP contribution >= 0.6 is 0 Å². The molecule has 26 heavy (non-hydrogen) atoms. The fourth-order valence-electron chi connectivity index (χ4n) is 2.23. The molecule has 0 atom stereocenters. The molecule has 8 nitrogen and oxygen atoms in total. The van der Waals surface area contributed by atoms with E-state index in [1.807, 2.05) is 30.3 Å². The number of amides is 2. The van der Waals surface area contributed by atoms with Crippen molar-refractivity contribution in [2.45, 2.75) is 6.54 Å². The van der Waals surface area contributed by atoms with E-state index in [0.29, 0.717) is 18.0 Å². The van der Waals surface area contributed by atoms with Crippen LogP contribution < -0.4 is 15.8 Å². The molecule has 0 aliphatic carbocycles. The van der Waals surface area contributed by atoms with Crippen molar-refractivity contribution in [3.63, 3.8) is 0 Å². The summed E-state index contributed by atoms with van der Waals surface area (Å²) in [6, 6.07) is 16.3. The zero-order valence-electron chi connectivity index (χ0n) is 13.8. The van der Waals surface area contributed by atoms with Crippen LogP contribution in [0.4, 0.5) is 5.69 Å². The Kier molecular flexibility index (Phi) is 5.23. The predicted molar refractivity (Wildman–Crippen MR) is 94.7 cm³/mol. The van der Waals surface area contributed by atoms with Crippen LogP contribution in [0.25, 0.3) is 0 Å². The van der Waals surface area contributed by atoms with E-state index in [1.165, 1.54) is 0 Å². The molecule has 3 N–H and O–H groups in total. The normalized spacial score (nSPS) is 10.3. The molecule has 1 aromatic heterocycles. The third-order valence-electron chi connectivity index (χ3n) is 3.45. The standard InChI is InChI=1S/C18H17N5O3/c19-17(24)12-26-15-8-6-14(7-9-15)20-18(25)16-11-23(22-21-16)10-13-4-2-1-3-5-13/h1-9,11H,10,12H2,(H2,19,24)(H,20,25). The average molecular weight is 351 g/mol. The topological polar surface area (TPSA) is 112 Å².